The van der Waals surface area contributed by atoms with Crippen LogP contribution >= 0.6 is 0 Å². The van der Waals surface area contributed by atoms with E-state index in [9.17, 15) is 28.1 Å². The van der Waals surface area contributed by atoms with Crippen molar-refractivity contribution in [1.29, 1.82) is 0 Å². The van der Waals surface area contributed by atoms with E-state index in [0.717, 1.165) is 12.3 Å². The zero-order valence-corrected chi connectivity index (χ0v) is 13.2. The number of benzene rings is 1. The fourth-order valence-corrected chi connectivity index (χ4v) is 2.98. The summed E-state index contributed by atoms with van der Waals surface area (Å²) < 4.78 is 26.8. The maximum absolute atomic E-state index is 11.9. The van der Waals surface area contributed by atoms with Crippen LogP contribution in [0.25, 0.3) is 0 Å². The second kappa shape index (κ2) is 6.45. The van der Waals surface area contributed by atoms with E-state index in [1.807, 2.05) is 0 Å². The molecule has 0 radical (unpaired) electrons. The fourth-order valence-electron chi connectivity index (χ4n) is 2.53. The number of Topliss-reactive ketones (excluding diaryl/α,β-unsaturated/α-hetero) is 2. The van der Waals surface area contributed by atoms with Crippen LogP contribution < -0.4 is 4.18 Å². The Morgan fingerprint density at radius 3 is 2.39 bits per heavy atom. The predicted molar refractivity (Wildman–Crippen MR) is 79.6 cm³/mol. The Balaban J connectivity index is 2.33. The lowest BCUT2D eigenvalue weighted by molar-refractivity contribution is -0.385. The van der Waals surface area contributed by atoms with Crippen molar-refractivity contribution in [1.82, 2.24) is 0 Å². The summed E-state index contributed by atoms with van der Waals surface area (Å²) in [5.74, 6) is -1.49. The molecule has 2 rings (SSSR count). The Morgan fingerprint density at radius 1 is 1.26 bits per heavy atom. The molecular formula is C14H15NO7S. The molecule has 1 saturated carbocycles. The molecule has 0 saturated heterocycles. The normalized spacial score (nSPS) is 16.4. The summed E-state index contributed by atoms with van der Waals surface area (Å²) in [6, 6.07) is 3.56. The molecule has 0 amide bonds. The van der Waals surface area contributed by atoms with Crippen LogP contribution in [0.1, 0.15) is 24.8 Å². The van der Waals surface area contributed by atoms with E-state index in [1.165, 1.54) is 12.1 Å². The van der Waals surface area contributed by atoms with Gasteiger partial charge >= 0.3 is 10.1 Å². The SMILES string of the molecule is CS(=O)(=O)Oc1ccc(CC2C(=O)CCCC2=O)c([N+](=O)[O-])c1. The maximum Gasteiger partial charge on any atom is 0.306 e. The summed E-state index contributed by atoms with van der Waals surface area (Å²) in [6.45, 7) is 0. The molecule has 8 nitrogen and oxygen atoms in total. The van der Waals surface area contributed by atoms with E-state index in [4.69, 9.17) is 0 Å². The van der Waals surface area contributed by atoms with Crippen LogP contribution in [0, 0.1) is 16.0 Å². The maximum atomic E-state index is 11.9. The molecule has 0 aliphatic heterocycles. The van der Waals surface area contributed by atoms with Crippen molar-refractivity contribution < 1.29 is 27.1 Å². The van der Waals surface area contributed by atoms with Crippen LogP contribution in [0.15, 0.2) is 18.2 Å². The third-order valence-electron chi connectivity index (χ3n) is 3.55. The van der Waals surface area contributed by atoms with Crippen molar-refractivity contribution in [3.05, 3.63) is 33.9 Å². The molecule has 0 atom stereocenters. The van der Waals surface area contributed by atoms with Gasteiger partial charge in [0.2, 0.25) is 0 Å². The van der Waals surface area contributed by atoms with Crippen molar-refractivity contribution in [3.8, 4) is 5.75 Å². The van der Waals surface area contributed by atoms with E-state index in [-0.39, 0.29) is 35.0 Å². The Labute approximate surface area is 132 Å². The minimum atomic E-state index is -3.81. The lowest BCUT2D eigenvalue weighted by atomic mass is 9.82. The molecule has 1 fully saturated rings. The van der Waals surface area contributed by atoms with E-state index >= 15 is 0 Å². The molecule has 9 heteroatoms. The lowest BCUT2D eigenvalue weighted by Gasteiger charge is -2.19. The molecule has 23 heavy (non-hydrogen) atoms. The van der Waals surface area contributed by atoms with Crippen molar-refractivity contribution in [3.63, 3.8) is 0 Å². The molecule has 0 unspecified atom stereocenters. The molecule has 0 aromatic heterocycles. The van der Waals surface area contributed by atoms with Gasteiger partial charge in [-0.15, -0.1) is 0 Å². The molecule has 1 aromatic rings. The van der Waals surface area contributed by atoms with Gasteiger partial charge in [-0.3, -0.25) is 19.7 Å². The zero-order chi connectivity index (χ0) is 17.2. The van der Waals surface area contributed by atoms with Gasteiger partial charge in [-0.2, -0.15) is 8.42 Å². The van der Waals surface area contributed by atoms with Gasteiger partial charge in [-0.1, -0.05) is 0 Å². The highest BCUT2D eigenvalue weighted by atomic mass is 32.2. The third kappa shape index (κ3) is 4.35. The first-order chi connectivity index (χ1) is 10.7. The van der Waals surface area contributed by atoms with E-state index in [1.54, 1.807) is 0 Å². The summed E-state index contributed by atoms with van der Waals surface area (Å²) in [6.07, 6.45) is 1.86. The monoisotopic (exact) mass is 341 g/mol. The number of rotatable bonds is 5. The highest BCUT2D eigenvalue weighted by molar-refractivity contribution is 7.86. The number of hydrogen-bond acceptors (Lipinski definition) is 7. The van der Waals surface area contributed by atoms with Crippen LogP contribution in [0.2, 0.25) is 0 Å². The number of ketones is 2. The second-order valence-corrected chi connectivity index (χ2v) is 6.95. The molecule has 124 valence electrons. The number of carbonyl (C=O) groups is 2. The van der Waals surface area contributed by atoms with Gasteiger partial charge < -0.3 is 4.18 Å². The third-order valence-corrected chi connectivity index (χ3v) is 4.04. The topological polar surface area (TPSA) is 121 Å². The van der Waals surface area contributed by atoms with E-state index in [2.05, 4.69) is 4.18 Å². The van der Waals surface area contributed by atoms with Crippen LogP contribution in [0.5, 0.6) is 5.75 Å². The number of nitro benzene ring substituents is 1. The molecule has 1 aliphatic carbocycles. The van der Waals surface area contributed by atoms with Crippen LogP contribution in [0.3, 0.4) is 0 Å². The quantitative estimate of drug-likeness (QED) is 0.343. The summed E-state index contributed by atoms with van der Waals surface area (Å²) in [5, 5.41) is 11.2. The number of carbonyl (C=O) groups excluding carboxylic acids is 2. The summed E-state index contributed by atoms with van der Waals surface area (Å²) in [5.41, 5.74) is -0.179. The molecule has 0 bridgehead atoms. The first kappa shape index (κ1) is 17.1. The highest BCUT2D eigenvalue weighted by Gasteiger charge is 2.32. The molecular weight excluding hydrogens is 326 g/mol. The average molecular weight is 341 g/mol. The number of hydrogen-bond donors (Lipinski definition) is 0. The number of nitrogens with zero attached hydrogens (tertiary/aromatic N) is 1. The highest BCUT2D eigenvalue weighted by Crippen LogP contribution is 2.30. The van der Waals surface area contributed by atoms with Crippen molar-refractivity contribution in [2.24, 2.45) is 5.92 Å². The second-order valence-electron chi connectivity index (χ2n) is 5.38. The Kier molecular flexibility index (Phi) is 4.79. The average Bonchev–Trinajstić information content (AvgIpc) is 2.42. The van der Waals surface area contributed by atoms with Crippen LogP contribution in [-0.4, -0.2) is 31.2 Å². The van der Waals surface area contributed by atoms with Crippen LogP contribution in [0.4, 0.5) is 5.69 Å². The van der Waals surface area contributed by atoms with Gasteiger partial charge in [0.15, 0.2) is 0 Å². The van der Waals surface area contributed by atoms with Gasteiger partial charge in [0.25, 0.3) is 5.69 Å². The van der Waals surface area contributed by atoms with Crippen molar-refractivity contribution >= 4 is 27.4 Å². The smallest absolute Gasteiger partial charge is 0.306 e. The summed E-state index contributed by atoms with van der Waals surface area (Å²) >= 11 is 0. The van der Waals surface area contributed by atoms with Gasteiger partial charge in [0.1, 0.15) is 17.3 Å². The first-order valence-electron chi connectivity index (χ1n) is 6.89. The Morgan fingerprint density at radius 2 is 1.87 bits per heavy atom. The molecule has 1 aliphatic rings. The number of nitro groups is 1. The minimum Gasteiger partial charge on any atom is -0.382 e. The molecule has 1 aromatic carbocycles. The van der Waals surface area contributed by atoms with Crippen LogP contribution in [-0.2, 0) is 26.1 Å². The van der Waals surface area contributed by atoms with Crippen molar-refractivity contribution in [2.75, 3.05) is 6.26 Å². The lowest BCUT2D eigenvalue weighted by Crippen LogP contribution is -2.30. The zero-order valence-electron chi connectivity index (χ0n) is 12.4. The van der Waals surface area contributed by atoms with E-state index < -0.39 is 21.0 Å². The van der Waals surface area contributed by atoms with Gasteiger partial charge in [-0.25, -0.2) is 0 Å². The summed E-state index contributed by atoms with van der Waals surface area (Å²) in [4.78, 5) is 34.2. The van der Waals surface area contributed by atoms with E-state index in [0.29, 0.717) is 19.3 Å². The first-order valence-corrected chi connectivity index (χ1v) is 8.71. The summed E-state index contributed by atoms with van der Waals surface area (Å²) in [7, 11) is -3.81. The standard InChI is InChI=1S/C14H15NO7S/c1-23(20,21)22-10-6-5-9(12(8-10)15(18)19)7-11-13(16)3-2-4-14(11)17/h5-6,8,11H,2-4,7H2,1H3. The van der Waals surface area contributed by atoms with Crippen molar-refractivity contribution in [2.45, 2.75) is 25.7 Å². The molecule has 0 N–H and O–H groups in total. The Hall–Kier alpha value is -2.29. The molecule has 0 heterocycles. The fraction of sp³-hybridized carbons (Fsp3) is 0.429. The molecule has 0 spiro atoms. The van der Waals surface area contributed by atoms with Gasteiger partial charge in [0, 0.05) is 18.4 Å². The minimum absolute atomic E-state index is 0.0624. The van der Waals surface area contributed by atoms with Gasteiger partial charge in [0.05, 0.1) is 23.2 Å². The predicted octanol–water partition coefficient (Wildman–Crippen LogP) is 1.41. The largest absolute Gasteiger partial charge is 0.382 e. The Bertz CT molecular complexity index is 753. The van der Waals surface area contributed by atoms with Gasteiger partial charge in [-0.05, 0) is 25.0 Å².